The fraction of sp³-hybridized carbons (Fsp3) is 0.125. The van der Waals surface area contributed by atoms with Crippen LogP contribution in [0.2, 0.25) is 0 Å². The molecular formula is C24H19NO4. The van der Waals surface area contributed by atoms with E-state index >= 15 is 0 Å². The number of ether oxygens (including phenoxy) is 2. The molecule has 3 aromatic rings. The standard InChI is InChI=1S/C24H19NO4/c1-15(2)17-5-3-16(4-6-17)13-22-23(26)20-8-7-19(14-21(20)29-22)28-24(27)18-9-11-25-12-10-18/h3-15H,1-2H3/b22-13-. The number of fused-ring (bicyclic) bond motifs is 1. The Kier molecular flexibility index (Phi) is 4.96. The minimum atomic E-state index is -0.502. The third-order valence-electron chi connectivity index (χ3n) is 4.67. The van der Waals surface area contributed by atoms with Crippen LogP contribution in [0.3, 0.4) is 0 Å². The summed E-state index contributed by atoms with van der Waals surface area (Å²) in [4.78, 5) is 28.7. The van der Waals surface area contributed by atoms with Crippen molar-refractivity contribution in [3.8, 4) is 11.5 Å². The molecule has 1 aliphatic rings. The number of nitrogens with zero attached hydrogens (tertiary/aromatic N) is 1. The smallest absolute Gasteiger partial charge is 0.343 e. The normalized spacial score (nSPS) is 14.0. The Morgan fingerprint density at radius 3 is 2.45 bits per heavy atom. The number of aromatic nitrogens is 1. The van der Waals surface area contributed by atoms with Crippen molar-refractivity contribution in [2.75, 3.05) is 0 Å². The highest BCUT2D eigenvalue weighted by Gasteiger charge is 2.28. The zero-order valence-corrected chi connectivity index (χ0v) is 16.1. The maximum absolute atomic E-state index is 12.6. The molecule has 1 aromatic heterocycles. The summed E-state index contributed by atoms with van der Waals surface area (Å²) in [5, 5.41) is 0. The van der Waals surface area contributed by atoms with E-state index in [0.717, 1.165) is 5.56 Å². The van der Waals surface area contributed by atoms with Crippen LogP contribution in [0.25, 0.3) is 6.08 Å². The molecule has 0 bridgehead atoms. The van der Waals surface area contributed by atoms with E-state index in [4.69, 9.17) is 9.47 Å². The molecule has 29 heavy (non-hydrogen) atoms. The Balaban J connectivity index is 1.53. The van der Waals surface area contributed by atoms with E-state index in [1.165, 1.54) is 18.0 Å². The van der Waals surface area contributed by atoms with E-state index in [0.29, 0.717) is 28.5 Å². The van der Waals surface area contributed by atoms with Crippen molar-refractivity contribution in [1.82, 2.24) is 4.98 Å². The average Bonchev–Trinajstić information content (AvgIpc) is 3.03. The molecule has 2 aromatic carbocycles. The van der Waals surface area contributed by atoms with Gasteiger partial charge in [0.1, 0.15) is 11.5 Å². The predicted octanol–water partition coefficient (Wildman–Crippen LogP) is 5.04. The van der Waals surface area contributed by atoms with E-state index in [-0.39, 0.29) is 11.5 Å². The number of hydrogen-bond donors (Lipinski definition) is 0. The molecule has 4 rings (SSSR count). The largest absolute Gasteiger partial charge is 0.452 e. The Labute approximate surface area is 168 Å². The van der Waals surface area contributed by atoms with Crippen molar-refractivity contribution in [2.24, 2.45) is 0 Å². The molecule has 0 saturated heterocycles. The SMILES string of the molecule is CC(C)c1ccc(/C=C2\Oc3cc(OC(=O)c4ccncc4)ccc3C2=O)cc1. The molecule has 1 aliphatic heterocycles. The van der Waals surface area contributed by atoms with Gasteiger partial charge in [-0.25, -0.2) is 4.79 Å². The van der Waals surface area contributed by atoms with E-state index in [1.54, 1.807) is 36.4 Å². The predicted molar refractivity (Wildman–Crippen MR) is 109 cm³/mol. The summed E-state index contributed by atoms with van der Waals surface area (Å²) >= 11 is 0. The molecule has 5 nitrogen and oxygen atoms in total. The second kappa shape index (κ2) is 7.72. The summed E-state index contributed by atoms with van der Waals surface area (Å²) in [6, 6.07) is 15.9. The fourth-order valence-corrected chi connectivity index (χ4v) is 3.01. The first-order chi connectivity index (χ1) is 14.0. The molecule has 0 fully saturated rings. The van der Waals surface area contributed by atoms with Gasteiger partial charge in [0.25, 0.3) is 0 Å². The Hall–Kier alpha value is -3.73. The minimum absolute atomic E-state index is 0.194. The lowest BCUT2D eigenvalue weighted by molar-refractivity contribution is 0.0734. The van der Waals surface area contributed by atoms with Crippen molar-refractivity contribution >= 4 is 17.8 Å². The van der Waals surface area contributed by atoms with Gasteiger partial charge in [0, 0.05) is 18.5 Å². The molecule has 0 aliphatic carbocycles. The summed E-state index contributed by atoms with van der Waals surface area (Å²) in [7, 11) is 0. The first kappa shape index (κ1) is 18.6. The zero-order valence-electron chi connectivity index (χ0n) is 16.1. The van der Waals surface area contributed by atoms with Crippen LogP contribution >= 0.6 is 0 Å². The summed E-state index contributed by atoms with van der Waals surface area (Å²) in [5.74, 6) is 0.673. The number of carbonyl (C=O) groups excluding carboxylic acids is 2. The fourth-order valence-electron chi connectivity index (χ4n) is 3.01. The number of carbonyl (C=O) groups is 2. The second-order valence-corrected chi connectivity index (χ2v) is 7.04. The monoisotopic (exact) mass is 385 g/mol. The second-order valence-electron chi connectivity index (χ2n) is 7.04. The molecule has 144 valence electrons. The molecular weight excluding hydrogens is 366 g/mol. The average molecular weight is 385 g/mol. The van der Waals surface area contributed by atoms with Gasteiger partial charge in [-0.2, -0.15) is 0 Å². The van der Waals surface area contributed by atoms with E-state index < -0.39 is 5.97 Å². The van der Waals surface area contributed by atoms with Crippen molar-refractivity contribution in [3.63, 3.8) is 0 Å². The molecule has 0 amide bonds. The van der Waals surface area contributed by atoms with Gasteiger partial charge in [0.05, 0.1) is 11.1 Å². The first-order valence-electron chi connectivity index (χ1n) is 9.32. The van der Waals surface area contributed by atoms with Crippen LogP contribution in [-0.4, -0.2) is 16.7 Å². The first-order valence-corrected chi connectivity index (χ1v) is 9.32. The van der Waals surface area contributed by atoms with Crippen LogP contribution in [-0.2, 0) is 0 Å². The van der Waals surface area contributed by atoms with E-state index in [9.17, 15) is 9.59 Å². The summed E-state index contributed by atoms with van der Waals surface area (Å²) < 4.78 is 11.1. The molecule has 0 atom stereocenters. The summed E-state index contributed by atoms with van der Waals surface area (Å²) in [6.45, 7) is 4.26. The molecule has 0 saturated carbocycles. The van der Waals surface area contributed by atoms with Crippen LogP contribution in [0.1, 0.15) is 51.6 Å². The topological polar surface area (TPSA) is 65.5 Å². The highest BCUT2D eigenvalue weighted by molar-refractivity contribution is 6.14. The number of benzene rings is 2. The number of rotatable bonds is 4. The van der Waals surface area contributed by atoms with Gasteiger partial charge in [-0.3, -0.25) is 9.78 Å². The number of allylic oxidation sites excluding steroid dienone is 1. The van der Waals surface area contributed by atoms with Gasteiger partial charge in [0.2, 0.25) is 5.78 Å². The zero-order chi connectivity index (χ0) is 20.4. The Morgan fingerprint density at radius 2 is 1.76 bits per heavy atom. The van der Waals surface area contributed by atoms with Crippen LogP contribution < -0.4 is 9.47 Å². The van der Waals surface area contributed by atoms with E-state index in [2.05, 4.69) is 18.8 Å². The van der Waals surface area contributed by atoms with Crippen LogP contribution in [0.4, 0.5) is 0 Å². The van der Waals surface area contributed by atoms with Gasteiger partial charge < -0.3 is 9.47 Å². The summed E-state index contributed by atoms with van der Waals surface area (Å²) in [6.07, 6.45) is 4.76. The Morgan fingerprint density at radius 1 is 1.03 bits per heavy atom. The van der Waals surface area contributed by atoms with Gasteiger partial charge >= 0.3 is 5.97 Å². The highest BCUT2D eigenvalue weighted by atomic mass is 16.5. The number of ketones is 1. The van der Waals surface area contributed by atoms with Crippen molar-refractivity contribution in [2.45, 2.75) is 19.8 Å². The lowest BCUT2D eigenvalue weighted by Gasteiger charge is -2.06. The molecule has 5 heteroatoms. The summed E-state index contributed by atoms with van der Waals surface area (Å²) in [5.41, 5.74) is 2.95. The molecule has 2 heterocycles. The third kappa shape index (κ3) is 3.94. The van der Waals surface area contributed by atoms with E-state index in [1.807, 2.05) is 24.3 Å². The van der Waals surface area contributed by atoms with Crippen LogP contribution in [0.15, 0.2) is 72.8 Å². The minimum Gasteiger partial charge on any atom is -0.452 e. The van der Waals surface area contributed by atoms with Gasteiger partial charge in [-0.05, 0) is 47.4 Å². The Bertz CT molecular complexity index is 1100. The number of pyridine rings is 1. The molecule has 0 spiro atoms. The van der Waals surface area contributed by atoms with Crippen LogP contribution in [0.5, 0.6) is 11.5 Å². The quantitative estimate of drug-likeness (QED) is 0.358. The third-order valence-corrected chi connectivity index (χ3v) is 4.67. The molecule has 0 unspecified atom stereocenters. The lowest BCUT2D eigenvalue weighted by atomic mass is 10.0. The number of Topliss-reactive ketones (excluding diaryl/α,β-unsaturated/α-hetero) is 1. The van der Waals surface area contributed by atoms with Crippen molar-refractivity contribution in [1.29, 1.82) is 0 Å². The number of esters is 1. The maximum atomic E-state index is 12.6. The van der Waals surface area contributed by atoms with Gasteiger partial charge in [-0.15, -0.1) is 0 Å². The van der Waals surface area contributed by atoms with Crippen molar-refractivity contribution < 1.29 is 19.1 Å². The number of hydrogen-bond acceptors (Lipinski definition) is 5. The van der Waals surface area contributed by atoms with Crippen LogP contribution in [0, 0.1) is 0 Å². The highest BCUT2D eigenvalue weighted by Crippen LogP contribution is 2.35. The lowest BCUT2D eigenvalue weighted by Crippen LogP contribution is -2.08. The maximum Gasteiger partial charge on any atom is 0.343 e. The van der Waals surface area contributed by atoms with Gasteiger partial charge in [-0.1, -0.05) is 38.1 Å². The molecule has 0 N–H and O–H groups in total. The van der Waals surface area contributed by atoms with Crippen molar-refractivity contribution in [3.05, 3.63) is 95.0 Å². The molecule has 0 radical (unpaired) electrons. The van der Waals surface area contributed by atoms with Gasteiger partial charge in [0.15, 0.2) is 5.76 Å².